The van der Waals surface area contributed by atoms with Crippen LogP contribution >= 0.6 is 0 Å². The number of amides is 2. The van der Waals surface area contributed by atoms with Crippen LogP contribution in [0.3, 0.4) is 0 Å². The maximum absolute atomic E-state index is 13.9. The molecule has 0 aromatic heterocycles. The Kier molecular flexibility index (Phi) is 14.5. The molecule has 64 heavy (non-hydrogen) atoms. The van der Waals surface area contributed by atoms with Gasteiger partial charge in [0.15, 0.2) is 0 Å². The largest absolute Gasteiger partial charge is 0.369 e. The van der Waals surface area contributed by atoms with E-state index in [4.69, 9.17) is 0 Å². The summed E-state index contributed by atoms with van der Waals surface area (Å²) in [5.41, 5.74) is 10.4. The highest BCUT2D eigenvalue weighted by molar-refractivity contribution is 5.97. The van der Waals surface area contributed by atoms with Gasteiger partial charge < -0.3 is 44.9 Å². The molecule has 342 valence electrons. The zero-order valence-electron chi connectivity index (χ0n) is 39.5. The SMILES string of the molecule is Cc1ccc(N2CCN(C)CC2)cc1C(=O)N[C@H](C)c1ccc(N2CCN(CC3CN(C)CCN3c3ccc(C)c(C(=O)N[C@H](C)c4cccc(N5CCN(C)CC5)c4)c3)CC2)cc1. The third kappa shape index (κ3) is 10.9. The molecule has 0 spiro atoms. The molecule has 12 heteroatoms. The second-order valence-corrected chi connectivity index (χ2v) is 19.1. The van der Waals surface area contributed by atoms with Crippen LogP contribution in [-0.4, -0.2) is 163 Å². The van der Waals surface area contributed by atoms with Crippen molar-refractivity contribution >= 4 is 34.6 Å². The van der Waals surface area contributed by atoms with Gasteiger partial charge in [-0.2, -0.15) is 0 Å². The van der Waals surface area contributed by atoms with Crippen molar-refractivity contribution in [2.24, 2.45) is 0 Å². The summed E-state index contributed by atoms with van der Waals surface area (Å²) in [6, 6.07) is 30.2. The van der Waals surface area contributed by atoms with Crippen molar-refractivity contribution in [1.29, 1.82) is 0 Å². The summed E-state index contributed by atoms with van der Waals surface area (Å²) in [4.78, 5) is 47.1. The molecule has 3 atom stereocenters. The van der Waals surface area contributed by atoms with Gasteiger partial charge in [0.25, 0.3) is 11.8 Å². The lowest BCUT2D eigenvalue weighted by Gasteiger charge is -2.45. The van der Waals surface area contributed by atoms with Gasteiger partial charge in [-0.3, -0.25) is 14.5 Å². The zero-order chi connectivity index (χ0) is 44.9. The Morgan fingerprint density at radius 1 is 0.516 bits per heavy atom. The summed E-state index contributed by atoms with van der Waals surface area (Å²) in [7, 11) is 6.56. The number of nitrogens with one attached hydrogen (secondary N) is 2. The lowest BCUT2D eigenvalue weighted by Crippen LogP contribution is -2.58. The van der Waals surface area contributed by atoms with Crippen LogP contribution in [0.4, 0.5) is 22.7 Å². The van der Waals surface area contributed by atoms with E-state index in [1.54, 1.807) is 0 Å². The minimum absolute atomic E-state index is 0.0246. The van der Waals surface area contributed by atoms with Crippen molar-refractivity contribution in [2.75, 3.05) is 145 Å². The number of nitrogens with zero attached hydrogens (tertiary/aromatic N) is 8. The molecule has 4 aliphatic heterocycles. The number of carbonyl (C=O) groups excluding carboxylic acids is 2. The third-order valence-corrected chi connectivity index (χ3v) is 14.4. The Morgan fingerprint density at radius 2 is 0.984 bits per heavy atom. The van der Waals surface area contributed by atoms with Crippen LogP contribution in [-0.2, 0) is 0 Å². The van der Waals surface area contributed by atoms with Gasteiger partial charge in [-0.1, -0.05) is 36.4 Å². The molecule has 2 N–H and O–H groups in total. The summed E-state index contributed by atoms with van der Waals surface area (Å²) < 4.78 is 0. The fourth-order valence-electron chi connectivity index (χ4n) is 9.89. The van der Waals surface area contributed by atoms with Gasteiger partial charge in [-0.25, -0.2) is 0 Å². The van der Waals surface area contributed by atoms with Gasteiger partial charge in [0.05, 0.1) is 18.1 Å². The van der Waals surface area contributed by atoms with E-state index >= 15 is 0 Å². The molecule has 1 unspecified atom stereocenters. The Bertz CT molecular complexity index is 2210. The van der Waals surface area contributed by atoms with E-state index in [1.165, 1.54) is 11.4 Å². The van der Waals surface area contributed by atoms with Crippen molar-refractivity contribution in [3.05, 3.63) is 118 Å². The molecular formula is C52H72N10O2. The van der Waals surface area contributed by atoms with Crippen molar-refractivity contribution in [3.8, 4) is 0 Å². The topological polar surface area (TPSA) is 84.1 Å². The Hall–Kier alpha value is -5.14. The molecule has 4 aromatic rings. The summed E-state index contributed by atoms with van der Waals surface area (Å²) in [6.45, 7) is 24.2. The molecule has 2 amide bonds. The van der Waals surface area contributed by atoms with Crippen molar-refractivity contribution in [1.82, 2.24) is 30.2 Å². The number of likely N-dealkylation sites (N-methyl/N-ethyl adjacent to an activating group) is 3. The monoisotopic (exact) mass is 869 g/mol. The molecule has 8 rings (SSSR count). The summed E-state index contributed by atoms with van der Waals surface area (Å²) in [5, 5.41) is 6.61. The van der Waals surface area contributed by atoms with E-state index < -0.39 is 0 Å². The van der Waals surface area contributed by atoms with Crippen LogP contribution < -0.4 is 30.2 Å². The third-order valence-electron chi connectivity index (χ3n) is 14.4. The maximum Gasteiger partial charge on any atom is 0.252 e. The number of piperazine rings is 4. The zero-order valence-corrected chi connectivity index (χ0v) is 39.5. The Balaban J connectivity index is 0.847. The molecule has 4 fully saturated rings. The fraction of sp³-hybridized carbons (Fsp3) is 0.500. The summed E-state index contributed by atoms with van der Waals surface area (Å²) in [6.07, 6.45) is 0. The average Bonchev–Trinajstić information content (AvgIpc) is 3.30. The number of anilines is 4. The molecule has 12 nitrogen and oxygen atoms in total. The fourth-order valence-corrected chi connectivity index (χ4v) is 9.89. The highest BCUT2D eigenvalue weighted by atomic mass is 16.2. The average molecular weight is 869 g/mol. The van der Waals surface area contributed by atoms with Crippen LogP contribution in [0.5, 0.6) is 0 Å². The quantitative estimate of drug-likeness (QED) is 0.184. The van der Waals surface area contributed by atoms with Crippen LogP contribution in [0.25, 0.3) is 0 Å². The smallest absolute Gasteiger partial charge is 0.252 e. The van der Waals surface area contributed by atoms with E-state index in [2.05, 4.69) is 170 Å². The first-order chi connectivity index (χ1) is 30.9. The molecular weight excluding hydrogens is 797 g/mol. The number of aryl methyl sites for hydroxylation is 2. The number of hydrogen-bond donors (Lipinski definition) is 2. The highest BCUT2D eigenvalue weighted by Gasteiger charge is 2.30. The summed E-state index contributed by atoms with van der Waals surface area (Å²) >= 11 is 0. The second kappa shape index (κ2) is 20.4. The summed E-state index contributed by atoms with van der Waals surface area (Å²) in [5.74, 6) is -0.0515. The van der Waals surface area contributed by atoms with E-state index in [0.717, 1.165) is 149 Å². The molecule has 0 saturated carbocycles. The van der Waals surface area contributed by atoms with Crippen LogP contribution in [0.1, 0.15) is 68.9 Å². The first-order valence-electron chi connectivity index (χ1n) is 23.7. The predicted molar refractivity (Wildman–Crippen MR) is 264 cm³/mol. The van der Waals surface area contributed by atoms with Crippen molar-refractivity contribution in [3.63, 3.8) is 0 Å². The van der Waals surface area contributed by atoms with Crippen LogP contribution in [0.2, 0.25) is 0 Å². The second-order valence-electron chi connectivity index (χ2n) is 19.1. The molecule has 0 aliphatic carbocycles. The van der Waals surface area contributed by atoms with E-state index in [1.807, 2.05) is 13.8 Å². The highest BCUT2D eigenvalue weighted by Crippen LogP contribution is 2.28. The first kappa shape index (κ1) is 45.4. The van der Waals surface area contributed by atoms with Crippen LogP contribution in [0.15, 0.2) is 84.9 Å². The molecule has 4 heterocycles. The van der Waals surface area contributed by atoms with E-state index in [9.17, 15) is 9.59 Å². The molecule has 4 saturated heterocycles. The van der Waals surface area contributed by atoms with E-state index in [0.29, 0.717) is 6.04 Å². The maximum atomic E-state index is 13.9. The van der Waals surface area contributed by atoms with Crippen LogP contribution in [0, 0.1) is 13.8 Å². The number of hydrogen-bond acceptors (Lipinski definition) is 10. The Morgan fingerprint density at radius 3 is 1.58 bits per heavy atom. The van der Waals surface area contributed by atoms with Crippen molar-refractivity contribution < 1.29 is 9.59 Å². The van der Waals surface area contributed by atoms with Gasteiger partial charge >= 0.3 is 0 Å². The normalized spacial score (nSPS) is 20.6. The predicted octanol–water partition coefficient (Wildman–Crippen LogP) is 5.73. The number of carbonyl (C=O) groups is 2. The van der Waals surface area contributed by atoms with Gasteiger partial charge in [-0.05, 0) is 120 Å². The molecule has 4 aromatic carbocycles. The number of rotatable bonds is 12. The lowest BCUT2D eigenvalue weighted by atomic mass is 10.0. The van der Waals surface area contributed by atoms with Gasteiger partial charge in [0.1, 0.15) is 0 Å². The van der Waals surface area contributed by atoms with Crippen molar-refractivity contribution in [2.45, 2.75) is 45.8 Å². The van der Waals surface area contributed by atoms with E-state index in [-0.39, 0.29) is 23.9 Å². The van der Waals surface area contributed by atoms with Gasteiger partial charge in [-0.15, -0.1) is 0 Å². The molecule has 0 bridgehead atoms. The molecule has 0 radical (unpaired) electrons. The standard InChI is InChI=1S/C52H72N10O2/c1-38-11-15-46(61-28-21-56(6)22-29-61)34-49(38)51(63)53-40(3)42-13-17-44(18-14-42)59-30-24-58(25-31-59)37-48-36-57(7)23-32-62(48)47-16-12-39(2)50(35-47)52(64)54-41(4)43-9-8-10-45(33-43)60-26-19-55(5)20-27-60/h8-18,33-35,40-41,48H,19-32,36-37H2,1-7H3,(H,53,63)(H,54,64)/t40-,41-,48?/m1/s1. The minimum Gasteiger partial charge on any atom is -0.369 e. The van der Waals surface area contributed by atoms with Gasteiger partial charge in [0, 0.05) is 139 Å². The lowest BCUT2D eigenvalue weighted by molar-refractivity contribution is 0.0930. The van der Waals surface area contributed by atoms with Gasteiger partial charge in [0.2, 0.25) is 0 Å². The molecule has 4 aliphatic rings. The Labute approximate surface area is 382 Å². The minimum atomic E-state index is -0.113. The number of benzene rings is 4. The first-order valence-corrected chi connectivity index (χ1v) is 23.7.